The first-order valence-electron chi connectivity index (χ1n) is 8.50. The molecule has 2 rings (SSSR count). The Morgan fingerprint density at radius 1 is 1.41 bits per heavy atom. The van der Waals surface area contributed by atoms with E-state index in [2.05, 4.69) is 20.0 Å². The second-order valence-corrected chi connectivity index (χ2v) is 6.09. The summed E-state index contributed by atoms with van der Waals surface area (Å²) in [6.45, 7) is 0.299. The lowest BCUT2D eigenvalue weighted by Crippen LogP contribution is -2.46. The summed E-state index contributed by atoms with van der Waals surface area (Å²) in [5, 5.41) is 3.17. The predicted octanol–water partition coefficient (Wildman–Crippen LogP) is 1.98. The van der Waals surface area contributed by atoms with Crippen LogP contribution in [-0.2, 0) is 16.1 Å². The zero-order chi connectivity index (χ0) is 19.9. The minimum atomic E-state index is -4.41. The third-order valence-electron chi connectivity index (χ3n) is 4.17. The van der Waals surface area contributed by atoms with Crippen molar-refractivity contribution in [1.29, 1.82) is 0 Å². The molecule has 0 aliphatic carbocycles. The van der Waals surface area contributed by atoms with Crippen molar-refractivity contribution in [2.45, 2.75) is 25.6 Å². The smallest absolute Gasteiger partial charge is 0.422 e. The number of halogens is 3. The van der Waals surface area contributed by atoms with Crippen LogP contribution in [-0.4, -0.2) is 61.8 Å². The first-order valence-corrected chi connectivity index (χ1v) is 8.50. The average Bonchev–Trinajstić information content (AvgIpc) is 2.66. The number of aromatic nitrogens is 1. The van der Waals surface area contributed by atoms with E-state index in [1.165, 1.54) is 19.4 Å². The number of nitrogens with one attached hydrogen (secondary N) is 1. The minimum absolute atomic E-state index is 0.0829. The number of methoxy groups -OCH3 is 1. The molecule has 0 bridgehead atoms. The van der Waals surface area contributed by atoms with Gasteiger partial charge in [-0.05, 0) is 24.5 Å². The first kappa shape index (κ1) is 20.8. The Kier molecular flexibility index (Phi) is 7.26. The second-order valence-electron chi connectivity index (χ2n) is 6.09. The maximum Gasteiger partial charge on any atom is 0.422 e. The Morgan fingerprint density at radius 3 is 2.70 bits per heavy atom. The van der Waals surface area contributed by atoms with Crippen LogP contribution in [0.5, 0.6) is 5.88 Å². The molecule has 1 aliphatic heterocycles. The van der Waals surface area contributed by atoms with Crippen molar-refractivity contribution < 1.29 is 27.4 Å². The standard InChI is InChI=1S/C17H23F3N4O3/c1-21-16(24-7-4-13(5-8-24)15(25)26-2)23-10-12-3-6-22-14(9-12)27-11-17(18,19)20/h3,6,9,13H,4-5,7-8,10-11H2,1-2H3,(H,21,23). The highest BCUT2D eigenvalue weighted by Crippen LogP contribution is 2.19. The number of likely N-dealkylation sites (tertiary alicyclic amines) is 1. The van der Waals surface area contributed by atoms with Crippen LogP contribution in [0.4, 0.5) is 13.2 Å². The van der Waals surface area contributed by atoms with Crippen molar-refractivity contribution in [3.8, 4) is 5.88 Å². The molecule has 1 saturated heterocycles. The summed E-state index contributed by atoms with van der Waals surface area (Å²) in [5.41, 5.74) is 0.716. The Hall–Kier alpha value is -2.52. The molecule has 27 heavy (non-hydrogen) atoms. The molecule has 1 fully saturated rings. The number of esters is 1. The van der Waals surface area contributed by atoms with Crippen LogP contribution < -0.4 is 10.1 Å². The fraction of sp³-hybridized carbons (Fsp3) is 0.588. The number of ether oxygens (including phenoxy) is 2. The normalized spacial score (nSPS) is 16.2. The van der Waals surface area contributed by atoms with E-state index in [4.69, 9.17) is 4.74 Å². The van der Waals surface area contributed by atoms with Gasteiger partial charge in [-0.1, -0.05) is 0 Å². The van der Waals surface area contributed by atoms with E-state index in [-0.39, 0.29) is 17.8 Å². The molecule has 7 nitrogen and oxygen atoms in total. The summed E-state index contributed by atoms with van der Waals surface area (Å²) >= 11 is 0. The number of guanidine groups is 1. The SMILES string of the molecule is CN=C(NCc1ccnc(OCC(F)(F)F)c1)N1CCC(C(=O)OC)CC1. The minimum Gasteiger partial charge on any atom is -0.469 e. The molecule has 150 valence electrons. The summed E-state index contributed by atoms with van der Waals surface area (Å²) < 4.78 is 46.1. The van der Waals surface area contributed by atoms with Crippen LogP contribution in [0.25, 0.3) is 0 Å². The number of carbonyl (C=O) groups is 1. The number of hydrogen-bond donors (Lipinski definition) is 1. The number of rotatable bonds is 5. The fourth-order valence-electron chi connectivity index (χ4n) is 2.80. The third-order valence-corrected chi connectivity index (χ3v) is 4.17. The number of pyridine rings is 1. The van der Waals surface area contributed by atoms with Gasteiger partial charge < -0.3 is 19.7 Å². The topological polar surface area (TPSA) is 76.1 Å². The molecular weight excluding hydrogens is 365 g/mol. The van der Waals surface area contributed by atoms with Crippen molar-refractivity contribution in [2.75, 3.05) is 33.9 Å². The number of hydrogen-bond acceptors (Lipinski definition) is 5. The molecule has 2 heterocycles. The van der Waals surface area contributed by atoms with Gasteiger partial charge in [0.2, 0.25) is 5.88 Å². The lowest BCUT2D eigenvalue weighted by Gasteiger charge is -2.33. The van der Waals surface area contributed by atoms with Gasteiger partial charge in [-0.2, -0.15) is 13.2 Å². The highest BCUT2D eigenvalue weighted by molar-refractivity contribution is 5.80. The van der Waals surface area contributed by atoms with Gasteiger partial charge >= 0.3 is 12.1 Å². The van der Waals surface area contributed by atoms with E-state index in [0.717, 1.165) is 0 Å². The number of nitrogens with zero attached hydrogens (tertiary/aromatic N) is 3. The summed E-state index contributed by atoms with van der Waals surface area (Å²) in [5.74, 6) is 0.284. The quantitative estimate of drug-likeness (QED) is 0.472. The molecule has 0 aromatic carbocycles. The van der Waals surface area contributed by atoms with E-state index in [0.29, 0.717) is 44.0 Å². The molecule has 10 heteroatoms. The molecule has 1 aromatic heterocycles. The second kappa shape index (κ2) is 9.43. The highest BCUT2D eigenvalue weighted by atomic mass is 19.4. The Bertz CT molecular complexity index is 659. The van der Waals surface area contributed by atoms with E-state index in [1.807, 2.05) is 4.90 Å². The first-order chi connectivity index (χ1) is 12.8. The number of piperidine rings is 1. The fourth-order valence-corrected chi connectivity index (χ4v) is 2.80. The maximum atomic E-state index is 12.2. The van der Waals surface area contributed by atoms with Gasteiger partial charge in [0.15, 0.2) is 12.6 Å². The molecule has 1 N–H and O–H groups in total. The summed E-state index contributed by atoms with van der Waals surface area (Å²) in [4.78, 5) is 21.6. The summed E-state index contributed by atoms with van der Waals surface area (Å²) in [7, 11) is 3.04. The van der Waals surface area contributed by atoms with Crippen LogP contribution >= 0.6 is 0 Å². The van der Waals surface area contributed by atoms with Crippen LogP contribution in [0.3, 0.4) is 0 Å². The van der Waals surface area contributed by atoms with Gasteiger partial charge in [0.05, 0.1) is 13.0 Å². The van der Waals surface area contributed by atoms with Gasteiger partial charge in [-0.25, -0.2) is 4.98 Å². The lowest BCUT2D eigenvalue weighted by atomic mass is 9.97. The zero-order valence-electron chi connectivity index (χ0n) is 15.3. The Morgan fingerprint density at radius 2 is 2.11 bits per heavy atom. The number of alkyl halides is 3. The van der Waals surface area contributed by atoms with Gasteiger partial charge in [0.1, 0.15) is 0 Å². The van der Waals surface area contributed by atoms with Crippen LogP contribution in [0, 0.1) is 5.92 Å². The molecule has 0 saturated carbocycles. The van der Waals surface area contributed by atoms with E-state index in [9.17, 15) is 18.0 Å². The van der Waals surface area contributed by atoms with Gasteiger partial charge in [-0.15, -0.1) is 0 Å². The monoisotopic (exact) mass is 388 g/mol. The molecule has 0 atom stereocenters. The molecule has 1 aromatic rings. The molecule has 0 amide bonds. The van der Waals surface area contributed by atoms with E-state index in [1.54, 1.807) is 13.1 Å². The third kappa shape index (κ3) is 6.61. The largest absolute Gasteiger partial charge is 0.469 e. The average molecular weight is 388 g/mol. The van der Waals surface area contributed by atoms with Crippen LogP contribution in [0.2, 0.25) is 0 Å². The van der Waals surface area contributed by atoms with Crippen molar-refractivity contribution in [3.05, 3.63) is 23.9 Å². The van der Waals surface area contributed by atoms with Gasteiger partial charge in [0, 0.05) is 38.9 Å². The molecular formula is C17H23F3N4O3. The lowest BCUT2D eigenvalue weighted by molar-refractivity contribution is -0.154. The van der Waals surface area contributed by atoms with Crippen molar-refractivity contribution in [3.63, 3.8) is 0 Å². The molecule has 0 radical (unpaired) electrons. The molecule has 0 spiro atoms. The summed E-state index contributed by atoms with van der Waals surface area (Å²) in [6, 6.07) is 3.14. The van der Waals surface area contributed by atoms with E-state index < -0.39 is 12.8 Å². The Labute approximate surface area is 155 Å². The van der Waals surface area contributed by atoms with E-state index >= 15 is 0 Å². The molecule has 0 unspecified atom stereocenters. The van der Waals surface area contributed by atoms with Crippen molar-refractivity contribution in [2.24, 2.45) is 10.9 Å². The highest BCUT2D eigenvalue weighted by Gasteiger charge is 2.29. The maximum absolute atomic E-state index is 12.2. The predicted molar refractivity (Wildman–Crippen MR) is 92.3 cm³/mol. The van der Waals surface area contributed by atoms with Crippen molar-refractivity contribution >= 4 is 11.9 Å². The molecule has 1 aliphatic rings. The number of aliphatic imine (C=N–C) groups is 1. The van der Waals surface area contributed by atoms with Crippen molar-refractivity contribution in [1.82, 2.24) is 15.2 Å². The summed E-state index contributed by atoms with van der Waals surface area (Å²) in [6.07, 6.45) is -1.66. The zero-order valence-corrected chi connectivity index (χ0v) is 15.3. The van der Waals surface area contributed by atoms with Crippen LogP contribution in [0.1, 0.15) is 18.4 Å². The van der Waals surface area contributed by atoms with Gasteiger partial charge in [-0.3, -0.25) is 9.79 Å². The van der Waals surface area contributed by atoms with Crippen LogP contribution in [0.15, 0.2) is 23.3 Å². The Balaban J connectivity index is 1.87. The van der Waals surface area contributed by atoms with Gasteiger partial charge in [0.25, 0.3) is 0 Å². The number of carbonyl (C=O) groups excluding carboxylic acids is 1.